The maximum atomic E-state index is 12.3. The zero-order valence-corrected chi connectivity index (χ0v) is 51.8. The average molecular weight is 1320 g/mol. The molecule has 9 aromatic carbocycles. The Morgan fingerprint density at radius 1 is 0.344 bits per heavy atom. The Balaban J connectivity index is 0.000000205. The van der Waals surface area contributed by atoms with Crippen LogP contribution in [0.4, 0.5) is 0 Å². The largest absolute Gasteiger partial charge is 0.478 e. The zero-order chi connectivity index (χ0) is 66.4. The van der Waals surface area contributed by atoms with Gasteiger partial charge >= 0.3 is 53.1 Å². The maximum Gasteiger partial charge on any atom is 0.417 e. The first-order valence-corrected chi connectivity index (χ1v) is 28.6. The van der Waals surface area contributed by atoms with Crippen LogP contribution in [0.1, 0.15) is 116 Å². The number of aryl methyl sites for hydroxylation is 4. The average Bonchev–Trinajstić information content (AvgIpc) is 0.986. The van der Waals surface area contributed by atoms with Gasteiger partial charge in [0.2, 0.25) is 0 Å². The van der Waals surface area contributed by atoms with Gasteiger partial charge in [-0.15, -0.1) is 0 Å². The Hall–Kier alpha value is -10.2. The molecule has 1 atom stereocenters. The number of carboxylic acid groups (broad SMARTS) is 5. The topological polar surface area (TPSA) is 292 Å². The van der Waals surface area contributed by atoms with Crippen LogP contribution in [0.15, 0.2) is 194 Å². The summed E-state index contributed by atoms with van der Waals surface area (Å²) in [6, 6.07) is 52.5. The highest BCUT2D eigenvalue weighted by Crippen LogP contribution is 2.41. The summed E-state index contributed by atoms with van der Waals surface area (Å²) in [5, 5.41) is 45.1. The van der Waals surface area contributed by atoms with E-state index >= 15 is 0 Å². The fourth-order valence-electron chi connectivity index (χ4n) is 7.65. The highest BCUT2D eigenvalue weighted by atomic mass is 35.5. The third-order valence-corrected chi connectivity index (χ3v) is 14.5. The number of carboxylic acids is 5. The molecule has 0 radical (unpaired) electrons. The van der Waals surface area contributed by atoms with Gasteiger partial charge in [0.25, 0.3) is 0 Å². The number of para-hydroxylation sites is 2. The van der Waals surface area contributed by atoms with E-state index in [0.717, 1.165) is 22.3 Å². The standard InChI is InChI=1S/2C15H12O4.C15H12O3.C14H12O5S.C8H4Cl4O2/c1-10-5-4-6-11(9-10)19-15(18)13-8-3-2-7-12(13)14(16)17;1-10-7-8-12(14(16)17)13(9-10)15(18)19-11-5-3-2-4-6-11;1-10-7-8-12(15(17)18)13(9-10)14(16)11-5-3-2-4-6-11;1-10-7-8-12(14(15)16)13(9-10)19-20(17)18-11-5-3-2-4-6-11;1-2-3(8(13)14)5(10)7(12)6(11)4(2)9/h2*2-9H,1H3,(H,16,17);2-9H,1H3,(H,17,18);2-9H,1H3,(H,15,16);1H3,(H,13,14). The van der Waals surface area contributed by atoms with Gasteiger partial charge in [-0.2, -0.15) is 4.21 Å². The number of hydrogen-bond donors (Lipinski definition) is 5. The predicted octanol–water partition coefficient (Wildman–Crippen LogP) is 15.8. The summed E-state index contributed by atoms with van der Waals surface area (Å²) in [7, 11) is 0. The van der Waals surface area contributed by atoms with Crippen LogP contribution in [0.25, 0.3) is 0 Å². The van der Waals surface area contributed by atoms with E-state index in [-0.39, 0.29) is 76.1 Å². The fourth-order valence-corrected chi connectivity index (χ4v) is 9.26. The highest BCUT2D eigenvalue weighted by Gasteiger charge is 2.24. The van der Waals surface area contributed by atoms with Crippen molar-refractivity contribution in [3.63, 3.8) is 0 Å². The maximum absolute atomic E-state index is 12.3. The number of esters is 2. The third kappa shape index (κ3) is 20.5. The van der Waals surface area contributed by atoms with Crippen molar-refractivity contribution in [3.8, 4) is 23.0 Å². The molecule has 0 amide bonds. The Kier molecular flexibility index (Phi) is 26.5. The number of halogens is 4. The molecule has 18 nitrogen and oxygen atoms in total. The first-order chi connectivity index (χ1) is 42.7. The lowest BCUT2D eigenvalue weighted by molar-refractivity contribution is 0.0666. The Bertz CT molecular complexity index is 4120. The van der Waals surface area contributed by atoms with Gasteiger partial charge < -0.3 is 43.4 Å². The normalized spacial score (nSPS) is 10.4. The number of rotatable bonds is 15. The lowest BCUT2D eigenvalue weighted by Gasteiger charge is -2.09. The summed E-state index contributed by atoms with van der Waals surface area (Å²) in [4.78, 5) is 91.3. The number of benzene rings is 9. The second-order valence-corrected chi connectivity index (χ2v) is 21.0. The van der Waals surface area contributed by atoms with E-state index in [2.05, 4.69) is 0 Å². The van der Waals surface area contributed by atoms with Gasteiger partial charge in [-0.3, -0.25) is 4.79 Å². The molecule has 90 heavy (non-hydrogen) atoms. The van der Waals surface area contributed by atoms with Crippen molar-refractivity contribution in [2.75, 3.05) is 0 Å². The van der Waals surface area contributed by atoms with Crippen molar-refractivity contribution in [1.29, 1.82) is 0 Å². The molecule has 9 aromatic rings. The number of ketones is 1. The molecule has 0 aliphatic rings. The lowest BCUT2D eigenvalue weighted by atomic mass is 9.96. The molecule has 23 heteroatoms. The number of aromatic carboxylic acids is 5. The number of ether oxygens (including phenoxy) is 2. The van der Waals surface area contributed by atoms with Crippen molar-refractivity contribution in [3.05, 3.63) is 292 Å². The molecular weight excluding hydrogens is 1270 g/mol. The molecule has 0 fully saturated rings. The van der Waals surface area contributed by atoms with E-state index in [9.17, 15) is 42.6 Å². The molecule has 0 spiro atoms. The molecule has 0 saturated carbocycles. The SMILES string of the molecule is Cc1c(Cl)c(Cl)c(Cl)c(Cl)c1C(=O)O.Cc1ccc(C(=O)O)c(C(=O)Oc2ccccc2)c1.Cc1ccc(C(=O)O)c(C(=O)c2ccccc2)c1.Cc1ccc(C(=O)O)c(OS(=O)Oc2ccccc2)c1.Cc1cccc(OC(=O)c2ccccc2C(=O)O)c1. The molecule has 0 aromatic heterocycles. The second-order valence-electron chi connectivity index (χ2n) is 18.7. The van der Waals surface area contributed by atoms with Gasteiger partial charge in [0.15, 0.2) is 11.5 Å². The van der Waals surface area contributed by atoms with Gasteiger partial charge in [-0.1, -0.05) is 167 Å². The first kappa shape index (κ1) is 70.6. The van der Waals surface area contributed by atoms with Crippen molar-refractivity contribution in [2.45, 2.75) is 34.6 Å². The molecule has 0 heterocycles. The number of carbonyl (C=O) groups excluding carboxylic acids is 3. The van der Waals surface area contributed by atoms with E-state index in [1.54, 1.807) is 153 Å². The minimum atomic E-state index is -2.12. The van der Waals surface area contributed by atoms with Crippen LogP contribution in [0, 0.1) is 34.6 Å². The minimum Gasteiger partial charge on any atom is -0.478 e. The van der Waals surface area contributed by atoms with E-state index in [1.807, 2.05) is 26.0 Å². The van der Waals surface area contributed by atoms with Crippen LogP contribution >= 0.6 is 46.4 Å². The summed E-state index contributed by atoms with van der Waals surface area (Å²) in [6.45, 7) is 8.78. The molecule has 9 rings (SSSR count). The number of carbonyl (C=O) groups is 8. The summed E-state index contributed by atoms with van der Waals surface area (Å²) >= 11 is 20.8. The molecule has 5 N–H and O–H groups in total. The molecule has 462 valence electrons. The van der Waals surface area contributed by atoms with Gasteiger partial charge in [-0.25, -0.2) is 33.6 Å². The van der Waals surface area contributed by atoms with Crippen LogP contribution < -0.4 is 17.8 Å². The smallest absolute Gasteiger partial charge is 0.417 e. The van der Waals surface area contributed by atoms with E-state index in [4.69, 9.17) is 89.8 Å². The third-order valence-electron chi connectivity index (χ3n) is 12.0. The predicted molar refractivity (Wildman–Crippen MR) is 339 cm³/mol. The zero-order valence-electron chi connectivity index (χ0n) is 47.9. The van der Waals surface area contributed by atoms with Gasteiger partial charge in [0, 0.05) is 11.1 Å². The van der Waals surface area contributed by atoms with Crippen LogP contribution in [-0.2, 0) is 11.4 Å². The van der Waals surface area contributed by atoms with Crippen molar-refractivity contribution in [2.24, 2.45) is 0 Å². The Labute approximate surface area is 537 Å². The van der Waals surface area contributed by atoms with Crippen molar-refractivity contribution >= 4 is 105 Å². The second kappa shape index (κ2) is 33.8. The van der Waals surface area contributed by atoms with Gasteiger partial charge in [-0.05, 0) is 136 Å². The van der Waals surface area contributed by atoms with E-state index in [1.165, 1.54) is 49.4 Å². The van der Waals surface area contributed by atoms with Crippen LogP contribution in [0.2, 0.25) is 20.1 Å². The monoisotopic (exact) mass is 1320 g/mol. The van der Waals surface area contributed by atoms with Crippen LogP contribution in [0.5, 0.6) is 23.0 Å². The quantitative estimate of drug-likeness (QED) is 0.0209. The summed E-state index contributed by atoms with van der Waals surface area (Å²) in [5.74, 6) is -6.21. The highest BCUT2D eigenvalue weighted by molar-refractivity contribution is 7.76. The van der Waals surface area contributed by atoms with Gasteiger partial charge in [0.05, 0.1) is 53.5 Å². The molecule has 0 aliphatic carbocycles. The van der Waals surface area contributed by atoms with Crippen LogP contribution in [-0.4, -0.2) is 77.3 Å². The fraction of sp³-hybridized carbons (Fsp3) is 0.0746. The molecule has 0 bridgehead atoms. The molecule has 0 saturated heterocycles. The van der Waals surface area contributed by atoms with Crippen molar-refractivity contribution < 1.29 is 85.9 Å². The Morgan fingerprint density at radius 2 is 0.744 bits per heavy atom. The first-order valence-electron chi connectivity index (χ1n) is 26.1. The molecule has 0 aliphatic heterocycles. The number of hydrogen-bond acceptors (Lipinski definition) is 13. The summed E-state index contributed by atoms with van der Waals surface area (Å²) in [5.41, 5.74) is 4.24. The molecule has 1 unspecified atom stereocenters. The molecular formula is C67H52Cl4O18S. The minimum absolute atomic E-state index is 0.00626. The van der Waals surface area contributed by atoms with E-state index in [0.29, 0.717) is 28.4 Å². The summed E-state index contributed by atoms with van der Waals surface area (Å²) in [6.07, 6.45) is 0. The van der Waals surface area contributed by atoms with Crippen molar-refractivity contribution in [1.82, 2.24) is 0 Å². The Morgan fingerprint density at radius 3 is 1.27 bits per heavy atom. The lowest BCUT2D eigenvalue weighted by Crippen LogP contribution is -2.14. The van der Waals surface area contributed by atoms with Crippen LogP contribution in [0.3, 0.4) is 0 Å². The summed E-state index contributed by atoms with van der Waals surface area (Å²) < 4.78 is 32.2. The van der Waals surface area contributed by atoms with Gasteiger partial charge in [0.1, 0.15) is 22.8 Å². The van der Waals surface area contributed by atoms with E-state index < -0.39 is 53.1 Å².